The Balaban J connectivity index is 1.31. The second-order valence-electron chi connectivity index (χ2n) is 13.9. The summed E-state index contributed by atoms with van der Waals surface area (Å²) in [6.45, 7) is 11.9. The first-order chi connectivity index (χ1) is 17.0. The number of esters is 1. The molecular formula is C31H50N2O3. The lowest BCUT2D eigenvalue weighted by Crippen LogP contribution is -2.53. The lowest BCUT2D eigenvalue weighted by atomic mass is 9.47. The van der Waals surface area contributed by atoms with Crippen LogP contribution in [-0.4, -0.2) is 60.5 Å². The Hall–Kier alpha value is -1.36. The van der Waals surface area contributed by atoms with Gasteiger partial charge in [0.15, 0.2) is 6.10 Å². The number of hydrogen-bond donors (Lipinski definition) is 0. The summed E-state index contributed by atoms with van der Waals surface area (Å²) in [5.74, 6) is 3.33. The average Bonchev–Trinajstić information content (AvgIpc) is 3.30. The molecule has 0 aromatic carbocycles. The Morgan fingerprint density at radius 1 is 1.14 bits per heavy atom. The zero-order valence-corrected chi connectivity index (χ0v) is 23.9. The van der Waals surface area contributed by atoms with E-state index in [1.807, 2.05) is 11.9 Å². The number of amides is 1. The first-order valence-corrected chi connectivity index (χ1v) is 14.8. The molecule has 4 aliphatic carbocycles. The molecule has 0 bridgehead atoms. The van der Waals surface area contributed by atoms with Crippen LogP contribution in [0.3, 0.4) is 0 Å². The van der Waals surface area contributed by atoms with Crippen molar-refractivity contribution in [2.75, 3.05) is 20.6 Å². The zero-order chi connectivity index (χ0) is 26.0. The average molecular weight is 499 g/mol. The van der Waals surface area contributed by atoms with Crippen molar-refractivity contribution in [2.24, 2.45) is 40.4 Å². The summed E-state index contributed by atoms with van der Waals surface area (Å²) < 4.78 is 5.47. The van der Waals surface area contributed by atoms with E-state index in [1.165, 1.54) is 52.0 Å². The smallest absolute Gasteiger partial charge is 0.303 e. The standard InChI is InChI=1S/C31H50N2O3/c1-19(2)16-28(36-21(4)34)29(35)33(7)23-12-14-30(5)22(17-23)8-9-24-26(30)13-15-31-18-32(6)20(3)25(31)10-11-27(24)31/h8,19-20,23-28H,9-18H2,1-7H3/t20-,23-,24+,25+,26-,27-,28-,30-,31-/m0/s1. The number of carbonyl (C=O) groups is 2. The number of hydrogen-bond acceptors (Lipinski definition) is 4. The molecule has 4 fully saturated rings. The third kappa shape index (κ3) is 4.07. The zero-order valence-electron chi connectivity index (χ0n) is 23.9. The van der Waals surface area contributed by atoms with E-state index in [0.29, 0.717) is 17.8 Å². The predicted molar refractivity (Wildman–Crippen MR) is 143 cm³/mol. The van der Waals surface area contributed by atoms with Gasteiger partial charge < -0.3 is 14.5 Å². The Morgan fingerprint density at radius 2 is 1.86 bits per heavy atom. The maximum absolute atomic E-state index is 13.4. The maximum Gasteiger partial charge on any atom is 0.303 e. The van der Waals surface area contributed by atoms with Crippen LogP contribution >= 0.6 is 0 Å². The lowest BCUT2D eigenvalue weighted by molar-refractivity contribution is -0.160. The summed E-state index contributed by atoms with van der Waals surface area (Å²) in [4.78, 5) is 29.6. The van der Waals surface area contributed by atoms with Crippen LogP contribution in [0.15, 0.2) is 11.6 Å². The van der Waals surface area contributed by atoms with Crippen LogP contribution in [0.4, 0.5) is 0 Å². The summed E-state index contributed by atoms with van der Waals surface area (Å²) in [6.07, 6.45) is 12.6. The van der Waals surface area contributed by atoms with Gasteiger partial charge >= 0.3 is 5.97 Å². The van der Waals surface area contributed by atoms with Gasteiger partial charge in [0.1, 0.15) is 0 Å². The molecule has 0 aromatic heterocycles. The SMILES string of the molecule is CC(=O)O[C@@H](CC(C)C)C(=O)N(C)[C@H]1CC[C@@]2(C)C(=CC[C@H]3[C@@H]4CC[C@@H]5[C@H](C)N(C)C[C@@]54CC[C@@H]32)C1. The fourth-order valence-corrected chi connectivity index (χ4v) is 10.0. The summed E-state index contributed by atoms with van der Waals surface area (Å²) in [6, 6.07) is 0.945. The molecule has 202 valence electrons. The third-order valence-electron chi connectivity index (χ3n) is 11.8. The number of allylic oxidation sites excluding steroid dienone is 1. The van der Waals surface area contributed by atoms with Crippen molar-refractivity contribution in [3.63, 3.8) is 0 Å². The first kappa shape index (κ1) is 26.3. The quantitative estimate of drug-likeness (QED) is 0.361. The number of carbonyl (C=O) groups excluding carboxylic acids is 2. The summed E-state index contributed by atoms with van der Waals surface area (Å²) in [5.41, 5.74) is 2.46. The molecule has 0 aromatic rings. The molecule has 1 heterocycles. The maximum atomic E-state index is 13.4. The monoisotopic (exact) mass is 498 g/mol. The molecule has 5 heteroatoms. The summed E-state index contributed by atoms with van der Waals surface area (Å²) in [5, 5.41) is 0. The lowest BCUT2D eigenvalue weighted by Gasteiger charge is -2.58. The van der Waals surface area contributed by atoms with Crippen molar-refractivity contribution in [1.29, 1.82) is 0 Å². The van der Waals surface area contributed by atoms with Gasteiger partial charge in [-0.15, -0.1) is 0 Å². The Bertz CT molecular complexity index is 913. The second-order valence-corrected chi connectivity index (χ2v) is 13.9. The molecule has 5 rings (SSSR count). The molecule has 9 atom stereocenters. The molecule has 36 heavy (non-hydrogen) atoms. The third-order valence-corrected chi connectivity index (χ3v) is 11.8. The van der Waals surface area contributed by atoms with E-state index in [2.05, 4.69) is 45.7 Å². The van der Waals surface area contributed by atoms with Gasteiger partial charge in [-0.3, -0.25) is 9.59 Å². The first-order valence-electron chi connectivity index (χ1n) is 14.8. The Labute approximate surface area is 219 Å². The fourth-order valence-electron chi connectivity index (χ4n) is 10.0. The molecule has 1 spiro atoms. The number of rotatable bonds is 5. The fraction of sp³-hybridized carbons (Fsp3) is 0.871. The van der Waals surface area contributed by atoms with Gasteiger partial charge in [-0.1, -0.05) is 32.4 Å². The molecule has 5 nitrogen and oxygen atoms in total. The largest absolute Gasteiger partial charge is 0.452 e. The molecule has 3 saturated carbocycles. The van der Waals surface area contributed by atoms with Crippen molar-refractivity contribution in [1.82, 2.24) is 9.80 Å². The van der Waals surface area contributed by atoms with Crippen molar-refractivity contribution in [3.05, 3.63) is 11.6 Å². The van der Waals surface area contributed by atoms with Crippen LogP contribution in [0, 0.1) is 40.4 Å². The number of ether oxygens (including phenoxy) is 1. The van der Waals surface area contributed by atoms with Crippen molar-refractivity contribution >= 4 is 11.9 Å². The van der Waals surface area contributed by atoms with Gasteiger partial charge in [0.25, 0.3) is 5.91 Å². The normalized spacial score (nSPS) is 42.6. The van der Waals surface area contributed by atoms with E-state index >= 15 is 0 Å². The minimum atomic E-state index is -0.665. The van der Waals surface area contributed by atoms with Gasteiger partial charge in [0.05, 0.1) is 0 Å². The molecule has 1 saturated heterocycles. The minimum absolute atomic E-state index is 0.0298. The number of fused-ring (bicyclic) bond motifs is 4. The van der Waals surface area contributed by atoms with Crippen LogP contribution < -0.4 is 0 Å². The highest BCUT2D eigenvalue weighted by Crippen LogP contribution is 2.68. The van der Waals surface area contributed by atoms with Gasteiger partial charge in [-0.2, -0.15) is 0 Å². The van der Waals surface area contributed by atoms with Gasteiger partial charge in [-0.25, -0.2) is 0 Å². The Morgan fingerprint density at radius 3 is 2.56 bits per heavy atom. The van der Waals surface area contributed by atoms with Crippen molar-refractivity contribution in [2.45, 2.75) is 111 Å². The molecule has 0 N–H and O–H groups in total. The molecule has 1 aliphatic heterocycles. The van der Waals surface area contributed by atoms with Crippen LogP contribution in [0.5, 0.6) is 0 Å². The van der Waals surface area contributed by atoms with E-state index in [1.54, 1.807) is 5.57 Å². The predicted octanol–water partition coefficient (Wildman–Crippen LogP) is 5.68. The number of likely N-dealkylation sites (N-methyl/N-ethyl adjacent to an activating group) is 1. The van der Waals surface area contributed by atoms with Crippen molar-refractivity contribution in [3.8, 4) is 0 Å². The molecule has 0 radical (unpaired) electrons. The molecular weight excluding hydrogens is 448 g/mol. The van der Waals surface area contributed by atoms with Gasteiger partial charge in [0, 0.05) is 32.6 Å². The molecule has 5 aliphatic rings. The van der Waals surface area contributed by atoms with E-state index in [4.69, 9.17) is 4.74 Å². The summed E-state index contributed by atoms with van der Waals surface area (Å²) >= 11 is 0. The highest BCUT2D eigenvalue weighted by Gasteiger charge is 2.64. The van der Waals surface area contributed by atoms with Gasteiger partial charge in [-0.05, 0) is 112 Å². The van der Waals surface area contributed by atoms with Gasteiger partial charge in [0.2, 0.25) is 0 Å². The van der Waals surface area contributed by atoms with E-state index in [0.717, 1.165) is 42.6 Å². The molecule has 1 amide bonds. The van der Waals surface area contributed by atoms with Crippen LogP contribution in [0.25, 0.3) is 0 Å². The Kier molecular flexibility index (Phi) is 6.88. The van der Waals surface area contributed by atoms with E-state index in [-0.39, 0.29) is 23.3 Å². The minimum Gasteiger partial charge on any atom is -0.452 e. The topological polar surface area (TPSA) is 49.9 Å². The van der Waals surface area contributed by atoms with E-state index < -0.39 is 6.10 Å². The number of likely N-dealkylation sites (tertiary alicyclic amines) is 1. The van der Waals surface area contributed by atoms with Crippen molar-refractivity contribution < 1.29 is 14.3 Å². The van der Waals surface area contributed by atoms with Crippen LogP contribution in [0.2, 0.25) is 0 Å². The van der Waals surface area contributed by atoms with Crippen LogP contribution in [-0.2, 0) is 14.3 Å². The second kappa shape index (κ2) is 9.43. The summed E-state index contributed by atoms with van der Waals surface area (Å²) in [7, 11) is 4.28. The highest BCUT2D eigenvalue weighted by atomic mass is 16.5. The van der Waals surface area contributed by atoms with E-state index in [9.17, 15) is 9.59 Å². The van der Waals surface area contributed by atoms with Crippen LogP contribution in [0.1, 0.15) is 92.4 Å². The molecule has 0 unspecified atom stereocenters. The number of nitrogens with zero attached hydrogens (tertiary/aromatic N) is 2. The highest BCUT2D eigenvalue weighted by molar-refractivity contribution is 5.83.